The number of hydrogen-bond donors (Lipinski definition) is 1. The Bertz CT molecular complexity index is 773. The van der Waals surface area contributed by atoms with Gasteiger partial charge in [0.2, 0.25) is 0 Å². The molecule has 4 nitrogen and oxygen atoms in total. The topological polar surface area (TPSA) is 36.9 Å². The van der Waals surface area contributed by atoms with Crippen molar-refractivity contribution >= 4 is 17.9 Å². The van der Waals surface area contributed by atoms with Gasteiger partial charge in [-0.1, -0.05) is 6.42 Å². The first-order valence-electron chi connectivity index (χ1n) is 8.99. The SMILES string of the molecule is CC(C1CC2CCC1C2)n1c(-c2ccc(N(C)C)cc2)n[nH]c1=S. The first-order valence-corrected chi connectivity index (χ1v) is 9.40. The van der Waals surface area contributed by atoms with Crippen LogP contribution in [-0.4, -0.2) is 28.9 Å². The number of rotatable bonds is 4. The molecule has 2 bridgehead atoms. The van der Waals surface area contributed by atoms with Gasteiger partial charge in [-0.3, -0.25) is 9.67 Å². The van der Waals surface area contributed by atoms with E-state index < -0.39 is 0 Å². The molecular weight excluding hydrogens is 316 g/mol. The largest absolute Gasteiger partial charge is 0.378 e. The maximum Gasteiger partial charge on any atom is 0.195 e. The van der Waals surface area contributed by atoms with Gasteiger partial charge in [0, 0.05) is 31.4 Å². The lowest BCUT2D eigenvalue weighted by Gasteiger charge is -2.29. The number of benzene rings is 1. The van der Waals surface area contributed by atoms with Gasteiger partial charge in [0.25, 0.3) is 0 Å². The predicted molar refractivity (Wildman–Crippen MR) is 101 cm³/mol. The van der Waals surface area contributed by atoms with Gasteiger partial charge in [0.05, 0.1) is 0 Å². The minimum absolute atomic E-state index is 0.412. The van der Waals surface area contributed by atoms with Crippen molar-refractivity contribution in [2.45, 2.75) is 38.6 Å². The monoisotopic (exact) mass is 342 g/mol. The third-order valence-corrected chi connectivity index (χ3v) is 6.45. The molecule has 0 aliphatic heterocycles. The number of aromatic nitrogens is 3. The lowest BCUT2D eigenvalue weighted by molar-refractivity contribution is 0.242. The number of aromatic amines is 1. The molecule has 1 aromatic heterocycles. The van der Waals surface area contributed by atoms with Crippen molar-refractivity contribution in [2.24, 2.45) is 17.8 Å². The van der Waals surface area contributed by atoms with Crippen LogP contribution in [0.2, 0.25) is 0 Å². The van der Waals surface area contributed by atoms with E-state index in [0.29, 0.717) is 6.04 Å². The van der Waals surface area contributed by atoms with Gasteiger partial charge in [-0.2, -0.15) is 5.10 Å². The molecule has 0 radical (unpaired) electrons. The normalized spacial score (nSPS) is 26.7. The molecule has 2 aliphatic carbocycles. The van der Waals surface area contributed by atoms with Crippen LogP contribution in [0.4, 0.5) is 5.69 Å². The lowest BCUT2D eigenvalue weighted by atomic mass is 9.84. The highest BCUT2D eigenvalue weighted by molar-refractivity contribution is 7.71. The predicted octanol–water partition coefficient (Wildman–Crippen LogP) is 4.67. The Labute approximate surface area is 148 Å². The molecule has 5 heteroatoms. The molecule has 1 N–H and O–H groups in total. The van der Waals surface area contributed by atoms with Crippen molar-refractivity contribution in [3.05, 3.63) is 29.0 Å². The number of nitrogens with zero attached hydrogens (tertiary/aromatic N) is 3. The fourth-order valence-electron chi connectivity index (χ4n) is 4.87. The van der Waals surface area contributed by atoms with Crippen LogP contribution in [0.1, 0.15) is 38.6 Å². The molecule has 4 atom stereocenters. The Balaban J connectivity index is 1.67. The highest BCUT2D eigenvalue weighted by Crippen LogP contribution is 2.52. The number of anilines is 1. The minimum Gasteiger partial charge on any atom is -0.378 e. The highest BCUT2D eigenvalue weighted by Gasteiger charge is 2.42. The van der Waals surface area contributed by atoms with E-state index in [1.165, 1.54) is 31.4 Å². The maximum absolute atomic E-state index is 5.57. The molecule has 0 amide bonds. The number of H-pyrrole nitrogens is 1. The van der Waals surface area contributed by atoms with Gasteiger partial charge >= 0.3 is 0 Å². The van der Waals surface area contributed by atoms with Crippen LogP contribution in [0, 0.1) is 22.5 Å². The van der Waals surface area contributed by atoms with Crippen molar-refractivity contribution in [2.75, 3.05) is 19.0 Å². The zero-order valence-electron chi connectivity index (χ0n) is 14.7. The van der Waals surface area contributed by atoms with Crippen LogP contribution in [0.15, 0.2) is 24.3 Å². The summed E-state index contributed by atoms with van der Waals surface area (Å²) in [6.45, 7) is 2.33. The second-order valence-electron chi connectivity index (χ2n) is 7.74. The van der Waals surface area contributed by atoms with Gasteiger partial charge in [-0.05, 0) is 80.4 Å². The van der Waals surface area contributed by atoms with Crippen molar-refractivity contribution in [1.29, 1.82) is 0 Å². The van der Waals surface area contributed by atoms with E-state index in [1.54, 1.807) is 0 Å². The van der Waals surface area contributed by atoms with Crippen LogP contribution in [0.3, 0.4) is 0 Å². The van der Waals surface area contributed by atoms with Crippen LogP contribution in [0.25, 0.3) is 11.4 Å². The molecule has 1 aromatic carbocycles. The van der Waals surface area contributed by atoms with Crippen molar-refractivity contribution < 1.29 is 0 Å². The van der Waals surface area contributed by atoms with Crippen LogP contribution in [-0.2, 0) is 0 Å². The van der Waals surface area contributed by atoms with E-state index >= 15 is 0 Å². The molecule has 2 fully saturated rings. The van der Waals surface area contributed by atoms with Crippen LogP contribution < -0.4 is 4.90 Å². The van der Waals surface area contributed by atoms with E-state index in [0.717, 1.165) is 33.9 Å². The molecular formula is C19H26N4S. The van der Waals surface area contributed by atoms with Crippen molar-refractivity contribution in [1.82, 2.24) is 14.8 Å². The zero-order valence-corrected chi connectivity index (χ0v) is 15.5. The summed E-state index contributed by atoms with van der Waals surface area (Å²) in [4.78, 5) is 2.11. The summed E-state index contributed by atoms with van der Waals surface area (Å²) >= 11 is 5.57. The molecule has 2 aromatic rings. The third-order valence-electron chi connectivity index (χ3n) is 6.17. The highest BCUT2D eigenvalue weighted by atomic mass is 32.1. The smallest absolute Gasteiger partial charge is 0.195 e. The van der Waals surface area contributed by atoms with E-state index in [-0.39, 0.29) is 0 Å². The number of fused-ring (bicyclic) bond motifs is 2. The van der Waals surface area contributed by atoms with Gasteiger partial charge in [-0.25, -0.2) is 0 Å². The Morgan fingerprint density at radius 3 is 2.54 bits per heavy atom. The molecule has 0 spiro atoms. The summed E-state index contributed by atoms with van der Waals surface area (Å²) in [6.07, 6.45) is 5.62. The fraction of sp³-hybridized carbons (Fsp3) is 0.579. The Hall–Kier alpha value is -1.62. The number of nitrogens with one attached hydrogen (secondary N) is 1. The summed E-state index contributed by atoms with van der Waals surface area (Å²) in [5, 5.41) is 7.57. The Morgan fingerprint density at radius 1 is 1.21 bits per heavy atom. The van der Waals surface area contributed by atoms with Gasteiger partial charge < -0.3 is 4.90 Å². The molecule has 128 valence electrons. The first-order chi connectivity index (χ1) is 11.5. The lowest BCUT2D eigenvalue weighted by Crippen LogP contribution is -2.22. The van der Waals surface area contributed by atoms with Crippen LogP contribution in [0.5, 0.6) is 0 Å². The van der Waals surface area contributed by atoms with Gasteiger partial charge in [-0.15, -0.1) is 0 Å². The Kier molecular flexibility index (Phi) is 3.99. The molecule has 1 heterocycles. The van der Waals surface area contributed by atoms with Crippen molar-refractivity contribution in [3.8, 4) is 11.4 Å². The molecule has 0 saturated heterocycles. The number of hydrogen-bond acceptors (Lipinski definition) is 3. The summed E-state index contributed by atoms with van der Waals surface area (Å²) in [5.74, 6) is 3.55. The van der Waals surface area contributed by atoms with Crippen LogP contribution >= 0.6 is 12.2 Å². The molecule has 24 heavy (non-hydrogen) atoms. The van der Waals surface area contributed by atoms with Gasteiger partial charge in [0.15, 0.2) is 10.6 Å². The van der Waals surface area contributed by atoms with E-state index in [4.69, 9.17) is 12.2 Å². The van der Waals surface area contributed by atoms with Gasteiger partial charge in [0.1, 0.15) is 0 Å². The summed E-state index contributed by atoms with van der Waals surface area (Å²) in [5.41, 5.74) is 2.32. The van der Waals surface area contributed by atoms with E-state index in [2.05, 4.69) is 64.9 Å². The third kappa shape index (κ3) is 2.59. The molecule has 4 rings (SSSR count). The average molecular weight is 343 g/mol. The molecule has 2 saturated carbocycles. The zero-order chi connectivity index (χ0) is 16.8. The fourth-order valence-corrected chi connectivity index (χ4v) is 5.17. The average Bonchev–Trinajstić information content (AvgIpc) is 3.29. The van der Waals surface area contributed by atoms with E-state index in [9.17, 15) is 0 Å². The standard InChI is InChI=1S/C19H26N4S/c1-12(17-11-13-4-5-15(17)10-13)23-18(20-21-19(23)24)14-6-8-16(9-7-14)22(2)3/h6-9,12-13,15,17H,4-5,10-11H2,1-3H3,(H,21,24). The molecule has 4 unspecified atom stereocenters. The van der Waals surface area contributed by atoms with E-state index in [1.807, 2.05) is 0 Å². The second-order valence-corrected chi connectivity index (χ2v) is 8.13. The second kappa shape index (κ2) is 6.03. The first kappa shape index (κ1) is 15.9. The summed E-state index contributed by atoms with van der Waals surface area (Å²) in [6, 6.07) is 8.98. The summed E-state index contributed by atoms with van der Waals surface area (Å²) in [7, 11) is 4.12. The quantitative estimate of drug-likeness (QED) is 0.820. The van der Waals surface area contributed by atoms with Crippen molar-refractivity contribution in [3.63, 3.8) is 0 Å². The Morgan fingerprint density at radius 2 is 1.96 bits per heavy atom. The minimum atomic E-state index is 0.412. The maximum atomic E-state index is 5.57. The molecule has 2 aliphatic rings. The summed E-state index contributed by atoms with van der Waals surface area (Å²) < 4.78 is 3.00.